The van der Waals surface area contributed by atoms with Crippen molar-refractivity contribution in [3.05, 3.63) is 35.4 Å². The minimum absolute atomic E-state index is 0.0577. The number of carboxylic acids is 1. The monoisotopic (exact) mass is 303 g/mol. The molecule has 1 aliphatic heterocycles. The molecule has 4 heteroatoms. The van der Waals surface area contributed by atoms with Crippen LogP contribution in [-0.2, 0) is 10.2 Å². The normalized spacial score (nSPS) is 22.5. The number of rotatable bonds is 2. The second kappa shape index (κ2) is 5.75. The number of carbonyl (C=O) groups is 2. The van der Waals surface area contributed by atoms with Gasteiger partial charge in [-0.3, -0.25) is 9.59 Å². The fourth-order valence-corrected chi connectivity index (χ4v) is 3.08. The summed E-state index contributed by atoms with van der Waals surface area (Å²) in [5.74, 6) is -0.883. The topological polar surface area (TPSA) is 57.6 Å². The highest BCUT2D eigenvalue weighted by atomic mass is 16.4. The van der Waals surface area contributed by atoms with Gasteiger partial charge < -0.3 is 10.0 Å². The number of hydrogen-bond donors (Lipinski definition) is 1. The summed E-state index contributed by atoms with van der Waals surface area (Å²) >= 11 is 0. The molecule has 1 unspecified atom stereocenters. The molecule has 22 heavy (non-hydrogen) atoms. The molecule has 0 bridgehead atoms. The van der Waals surface area contributed by atoms with Crippen LogP contribution >= 0.6 is 0 Å². The van der Waals surface area contributed by atoms with Crippen LogP contribution in [0.5, 0.6) is 0 Å². The van der Waals surface area contributed by atoms with Gasteiger partial charge in [0, 0.05) is 18.7 Å². The summed E-state index contributed by atoms with van der Waals surface area (Å²) in [6.07, 6.45) is 1.35. The van der Waals surface area contributed by atoms with E-state index in [2.05, 4.69) is 20.8 Å². The summed E-state index contributed by atoms with van der Waals surface area (Å²) in [6, 6.07) is 7.63. The van der Waals surface area contributed by atoms with E-state index in [4.69, 9.17) is 0 Å². The lowest BCUT2D eigenvalue weighted by atomic mass is 9.80. The second-order valence-electron chi connectivity index (χ2n) is 7.49. The van der Waals surface area contributed by atoms with Crippen molar-refractivity contribution in [1.82, 2.24) is 4.90 Å². The lowest BCUT2D eigenvalue weighted by molar-refractivity contribution is -0.150. The van der Waals surface area contributed by atoms with Gasteiger partial charge in [0.25, 0.3) is 5.91 Å². The van der Waals surface area contributed by atoms with Crippen LogP contribution in [0.15, 0.2) is 24.3 Å². The van der Waals surface area contributed by atoms with Gasteiger partial charge in [-0.15, -0.1) is 0 Å². The Morgan fingerprint density at radius 2 is 1.86 bits per heavy atom. The molecule has 1 saturated heterocycles. The molecule has 1 N–H and O–H groups in total. The smallest absolute Gasteiger partial charge is 0.311 e. The molecule has 0 aliphatic carbocycles. The highest BCUT2D eigenvalue weighted by Crippen LogP contribution is 2.32. The Balaban J connectivity index is 2.31. The molecule has 1 aliphatic rings. The largest absolute Gasteiger partial charge is 0.481 e. The Labute approximate surface area is 132 Å². The van der Waals surface area contributed by atoms with Gasteiger partial charge in [0.05, 0.1) is 5.41 Å². The van der Waals surface area contributed by atoms with E-state index < -0.39 is 11.4 Å². The second-order valence-corrected chi connectivity index (χ2v) is 7.49. The van der Waals surface area contributed by atoms with Crippen LogP contribution in [0.4, 0.5) is 0 Å². The number of benzene rings is 1. The molecule has 4 nitrogen and oxygen atoms in total. The molecule has 1 heterocycles. The van der Waals surface area contributed by atoms with Crippen molar-refractivity contribution in [2.24, 2.45) is 5.41 Å². The summed E-state index contributed by atoms with van der Waals surface area (Å²) in [4.78, 5) is 26.1. The molecule has 0 spiro atoms. The van der Waals surface area contributed by atoms with E-state index in [1.807, 2.05) is 24.3 Å². The SMILES string of the molecule is CC1(C(=O)O)CCCN(C(=O)c2ccccc2C(C)(C)C)C1. The van der Waals surface area contributed by atoms with Crippen LogP contribution in [0.25, 0.3) is 0 Å². The van der Waals surface area contributed by atoms with Gasteiger partial charge in [-0.05, 0) is 36.8 Å². The molecular weight excluding hydrogens is 278 g/mol. The number of hydrogen-bond acceptors (Lipinski definition) is 2. The molecule has 1 aromatic rings. The first-order valence-electron chi connectivity index (χ1n) is 7.77. The van der Waals surface area contributed by atoms with E-state index >= 15 is 0 Å². The molecule has 0 saturated carbocycles. The Kier molecular flexibility index (Phi) is 4.32. The first-order chi connectivity index (χ1) is 10.1. The average molecular weight is 303 g/mol. The molecule has 2 rings (SSSR count). The Morgan fingerprint density at radius 1 is 1.23 bits per heavy atom. The van der Waals surface area contributed by atoms with Crippen LogP contribution in [-0.4, -0.2) is 35.0 Å². The number of likely N-dealkylation sites (tertiary alicyclic amines) is 1. The standard InChI is InChI=1S/C18H25NO3/c1-17(2,3)14-9-6-5-8-13(14)15(20)19-11-7-10-18(4,12-19)16(21)22/h5-6,8-9H,7,10-12H2,1-4H3,(H,21,22). The molecular formula is C18H25NO3. The van der Waals surface area contributed by atoms with Crippen molar-refractivity contribution >= 4 is 11.9 Å². The van der Waals surface area contributed by atoms with Gasteiger partial charge in [0.1, 0.15) is 0 Å². The number of aliphatic carboxylic acids is 1. The molecule has 0 aromatic heterocycles. The zero-order chi connectivity index (χ0) is 16.5. The van der Waals surface area contributed by atoms with Gasteiger partial charge in [-0.2, -0.15) is 0 Å². The quantitative estimate of drug-likeness (QED) is 0.912. The number of carbonyl (C=O) groups excluding carboxylic acids is 1. The molecule has 120 valence electrons. The lowest BCUT2D eigenvalue weighted by Gasteiger charge is -2.38. The Hall–Kier alpha value is -1.84. The minimum atomic E-state index is -0.843. The van der Waals surface area contributed by atoms with E-state index in [-0.39, 0.29) is 17.9 Å². The zero-order valence-corrected chi connectivity index (χ0v) is 13.8. The first-order valence-corrected chi connectivity index (χ1v) is 7.77. The van der Waals surface area contributed by atoms with E-state index in [9.17, 15) is 14.7 Å². The fraction of sp³-hybridized carbons (Fsp3) is 0.556. The van der Waals surface area contributed by atoms with Gasteiger partial charge in [0.15, 0.2) is 0 Å². The number of amides is 1. The number of piperidine rings is 1. The molecule has 0 radical (unpaired) electrons. The fourth-order valence-electron chi connectivity index (χ4n) is 3.08. The highest BCUT2D eigenvalue weighted by Gasteiger charge is 2.40. The Morgan fingerprint density at radius 3 is 2.45 bits per heavy atom. The van der Waals surface area contributed by atoms with Crippen LogP contribution in [0.3, 0.4) is 0 Å². The predicted octanol–water partition coefficient (Wildman–Crippen LogP) is 3.31. The minimum Gasteiger partial charge on any atom is -0.481 e. The summed E-state index contributed by atoms with van der Waals surface area (Å²) < 4.78 is 0. The molecule has 1 fully saturated rings. The lowest BCUT2D eigenvalue weighted by Crippen LogP contribution is -2.48. The van der Waals surface area contributed by atoms with E-state index in [0.717, 1.165) is 12.0 Å². The van der Waals surface area contributed by atoms with Gasteiger partial charge >= 0.3 is 5.97 Å². The maximum Gasteiger partial charge on any atom is 0.311 e. The van der Waals surface area contributed by atoms with Crippen molar-refractivity contribution in [1.29, 1.82) is 0 Å². The maximum atomic E-state index is 12.9. The van der Waals surface area contributed by atoms with Crippen molar-refractivity contribution in [2.45, 2.75) is 46.0 Å². The summed E-state index contributed by atoms with van der Waals surface area (Å²) in [6.45, 7) is 8.87. The molecule has 1 amide bonds. The van der Waals surface area contributed by atoms with E-state index in [1.54, 1.807) is 11.8 Å². The first kappa shape index (κ1) is 16.5. The molecule has 1 aromatic carbocycles. The van der Waals surface area contributed by atoms with Gasteiger partial charge in [-0.1, -0.05) is 39.0 Å². The van der Waals surface area contributed by atoms with Crippen LogP contribution in [0.1, 0.15) is 56.5 Å². The van der Waals surface area contributed by atoms with Crippen LogP contribution in [0.2, 0.25) is 0 Å². The van der Waals surface area contributed by atoms with Crippen molar-refractivity contribution in [3.8, 4) is 0 Å². The third-order valence-electron chi connectivity index (χ3n) is 4.47. The average Bonchev–Trinajstić information content (AvgIpc) is 2.45. The third-order valence-corrected chi connectivity index (χ3v) is 4.47. The van der Waals surface area contributed by atoms with Crippen LogP contribution in [0, 0.1) is 5.41 Å². The van der Waals surface area contributed by atoms with Crippen LogP contribution < -0.4 is 0 Å². The van der Waals surface area contributed by atoms with Crippen molar-refractivity contribution in [2.75, 3.05) is 13.1 Å². The number of nitrogens with zero attached hydrogens (tertiary/aromatic N) is 1. The summed E-state index contributed by atoms with van der Waals surface area (Å²) in [7, 11) is 0. The van der Waals surface area contributed by atoms with E-state index in [0.29, 0.717) is 18.5 Å². The maximum absolute atomic E-state index is 12.9. The van der Waals surface area contributed by atoms with Crippen molar-refractivity contribution < 1.29 is 14.7 Å². The van der Waals surface area contributed by atoms with Crippen molar-refractivity contribution in [3.63, 3.8) is 0 Å². The molecule has 1 atom stereocenters. The summed E-state index contributed by atoms with van der Waals surface area (Å²) in [5.41, 5.74) is 0.718. The van der Waals surface area contributed by atoms with E-state index in [1.165, 1.54) is 0 Å². The Bertz CT molecular complexity index is 588. The van der Waals surface area contributed by atoms with Gasteiger partial charge in [0.2, 0.25) is 0 Å². The zero-order valence-electron chi connectivity index (χ0n) is 13.8. The summed E-state index contributed by atoms with van der Waals surface area (Å²) in [5, 5.41) is 9.41. The highest BCUT2D eigenvalue weighted by molar-refractivity contribution is 5.96. The predicted molar refractivity (Wildman–Crippen MR) is 86.0 cm³/mol. The number of carboxylic acid groups (broad SMARTS) is 1. The van der Waals surface area contributed by atoms with Gasteiger partial charge in [-0.25, -0.2) is 0 Å². The third kappa shape index (κ3) is 3.16.